The molecule has 6 heterocycles. The Bertz CT molecular complexity index is 2590. The number of aryl methyl sites for hydroxylation is 1. The number of hydrogen-bond donors (Lipinski definition) is 7. The van der Waals surface area contributed by atoms with Crippen LogP contribution < -0.4 is 16.6 Å². The zero-order valence-electron chi connectivity index (χ0n) is 29.0. The molecule has 57 heavy (non-hydrogen) atoms. The van der Waals surface area contributed by atoms with Gasteiger partial charge in [-0.15, -0.1) is 40.0 Å². The molecule has 2 amide bonds. The van der Waals surface area contributed by atoms with Crippen molar-refractivity contribution in [1.29, 1.82) is 0 Å². The molecule has 0 radical (unpaired) electrons. The number of nitrogen functional groups attached to an aromatic ring is 1. The van der Waals surface area contributed by atoms with E-state index in [1.165, 1.54) is 39.5 Å². The number of aromatic hydroxyl groups is 3. The maximum absolute atomic E-state index is 13.5. The van der Waals surface area contributed by atoms with Gasteiger partial charge in [0.1, 0.15) is 33.7 Å². The van der Waals surface area contributed by atoms with Crippen LogP contribution in [0.2, 0.25) is 0 Å². The first-order valence-corrected chi connectivity index (χ1v) is 19.1. The number of amides is 2. The van der Waals surface area contributed by atoms with Crippen molar-refractivity contribution >= 4 is 75.2 Å². The molecule has 0 bridgehead atoms. The molecule has 0 spiro atoms. The largest absolute Gasteiger partial charge is 0.504 e. The number of thioether (sulfide) groups is 2. The van der Waals surface area contributed by atoms with Gasteiger partial charge in [-0.2, -0.15) is 9.50 Å². The monoisotopic (exact) mass is 837 g/mol. The van der Waals surface area contributed by atoms with Crippen LogP contribution in [0.15, 0.2) is 62.1 Å². The third-order valence-corrected chi connectivity index (χ3v) is 11.2. The minimum atomic E-state index is -1.34. The molecule has 25 heteroatoms. The number of β-lactam (4-membered cyclic amide) rings is 1. The summed E-state index contributed by atoms with van der Waals surface area (Å²) in [5.74, 6) is -4.56. The van der Waals surface area contributed by atoms with Crippen LogP contribution in [-0.2, 0) is 37.2 Å². The average Bonchev–Trinajstić information content (AvgIpc) is 3.80. The molecule has 0 saturated carbocycles. The molecule has 1 saturated heterocycles. The van der Waals surface area contributed by atoms with Gasteiger partial charge < -0.3 is 46.0 Å². The summed E-state index contributed by atoms with van der Waals surface area (Å²) in [5.41, 5.74) is 5.39. The summed E-state index contributed by atoms with van der Waals surface area (Å²) < 4.78 is 6.68. The Morgan fingerprint density at radius 3 is 2.63 bits per heavy atom. The van der Waals surface area contributed by atoms with E-state index in [0.29, 0.717) is 16.3 Å². The van der Waals surface area contributed by atoms with Gasteiger partial charge in [0, 0.05) is 22.6 Å². The predicted octanol–water partition coefficient (Wildman–Crippen LogP) is 0.480. The fraction of sp³-hybridized carbons (Fsp3) is 0.219. The summed E-state index contributed by atoms with van der Waals surface area (Å²) in [4.78, 5) is 88.9. The van der Waals surface area contributed by atoms with Crippen LogP contribution in [-0.4, -0.2) is 112 Å². The average molecular weight is 838 g/mol. The number of rotatable bonds is 13. The van der Waals surface area contributed by atoms with Crippen LogP contribution in [0.3, 0.4) is 0 Å². The van der Waals surface area contributed by atoms with Crippen molar-refractivity contribution in [2.24, 2.45) is 5.16 Å². The number of aromatic amines is 1. The maximum atomic E-state index is 13.5. The number of anilines is 1. The molecule has 2 aliphatic rings. The Morgan fingerprint density at radius 1 is 1.11 bits per heavy atom. The molecule has 0 aliphatic carbocycles. The lowest BCUT2D eigenvalue weighted by molar-refractivity contribution is -0.150. The summed E-state index contributed by atoms with van der Waals surface area (Å²) in [6.45, 7) is 0.985. The molecule has 4 aromatic heterocycles. The van der Waals surface area contributed by atoms with E-state index in [9.17, 15) is 44.4 Å². The Kier molecular flexibility index (Phi) is 10.7. The van der Waals surface area contributed by atoms with Gasteiger partial charge in [0.05, 0.1) is 11.8 Å². The summed E-state index contributed by atoms with van der Waals surface area (Å²) in [6.07, 6.45) is 0.918. The lowest BCUT2D eigenvalue weighted by atomic mass is 10.0. The molecule has 22 nitrogen and oxygen atoms in total. The number of carboxylic acid groups (broad SMARTS) is 1. The normalized spacial score (nSPS) is 16.6. The second-order valence-electron chi connectivity index (χ2n) is 12.0. The number of nitrogens with zero attached hydrogens (tertiary/aromatic N) is 8. The molecule has 1 fully saturated rings. The number of aromatic nitrogens is 7. The first-order chi connectivity index (χ1) is 27.3. The maximum Gasteiger partial charge on any atom is 0.352 e. The van der Waals surface area contributed by atoms with E-state index < -0.39 is 64.6 Å². The number of aliphatic carboxylic acids is 1. The zero-order chi connectivity index (χ0) is 40.5. The lowest BCUT2D eigenvalue weighted by Gasteiger charge is -2.49. The molecular weight excluding hydrogens is 811 g/mol. The van der Waals surface area contributed by atoms with Crippen molar-refractivity contribution in [2.75, 3.05) is 17.2 Å². The van der Waals surface area contributed by atoms with E-state index in [1.807, 2.05) is 0 Å². The molecule has 0 unspecified atom stereocenters. The number of benzene rings is 1. The fourth-order valence-electron chi connectivity index (χ4n) is 5.45. The zero-order valence-corrected chi connectivity index (χ0v) is 31.4. The second kappa shape index (κ2) is 15.8. The Balaban J connectivity index is 1.03. The number of ether oxygens (including phenoxy) is 1. The Morgan fingerprint density at radius 2 is 1.91 bits per heavy atom. The number of carbonyl (C=O) groups is 4. The summed E-state index contributed by atoms with van der Waals surface area (Å²) in [7, 11) is 0. The van der Waals surface area contributed by atoms with E-state index in [1.54, 1.807) is 13.0 Å². The van der Waals surface area contributed by atoms with Crippen molar-refractivity contribution < 1.29 is 49.2 Å². The van der Waals surface area contributed by atoms with Crippen molar-refractivity contribution in [3.05, 3.63) is 86.1 Å². The third kappa shape index (κ3) is 8.01. The number of thiazole rings is 1. The van der Waals surface area contributed by atoms with Crippen molar-refractivity contribution in [1.82, 2.24) is 44.8 Å². The number of hydrogen-bond acceptors (Lipinski definition) is 20. The van der Waals surface area contributed by atoms with Crippen molar-refractivity contribution in [2.45, 2.75) is 36.6 Å². The highest BCUT2D eigenvalue weighted by atomic mass is 32.2. The number of oxime groups is 1. The number of nitrogens with one attached hydrogen (secondary N) is 2. The highest BCUT2D eigenvalue weighted by Gasteiger charge is 2.54. The molecule has 294 valence electrons. The first-order valence-electron chi connectivity index (χ1n) is 16.2. The van der Waals surface area contributed by atoms with Gasteiger partial charge in [0.25, 0.3) is 23.2 Å². The number of phenols is 2. The van der Waals surface area contributed by atoms with Gasteiger partial charge in [-0.3, -0.25) is 19.3 Å². The highest BCUT2D eigenvalue weighted by Crippen LogP contribution is 2.41. The van der Waals surface area contributed by atoms with E-state index in [2.05, 4.69) is 40.5 Å². The summed E-state index contributed by atoms with van der Waals surface area (Å²) in [6, 6.07) is 4.06. The second-order valence-corrected chi connectivity index (χ2v) is 15.0. The Hall–Kier alpha value is -6.73. The van der Waals surface area contributed by atoms with Crippen molar-refractivity contribution in [3.63, 3.8) is 0 Å². The fourth-order valence-corrected chi connectivity index (χ4v) is 8.53. The number of H-pyrrole nitrogens is 1. The molecular formula is C32H27N11O11S3. The van der Waals surface area contributed by atoms with E-state index >= 15 is 0 Å². The van der Waals surface area contributed by atoms with Gasteiger partial charge in [-0.25, -0.2) is 24.5 Å². The van der Waals surface area contributed by atoms with Gasteiger partial charge in [-0.1, -0.05) is 5.16 Å². The number of nitrogens with two attached hydrogens (primary N) is 1. The van der Waals surface area contributed by atoms with Crippen LogP contribution in [0.4, 0.5) is 5.13 Å². The Labute approximate surface area is 330 Å². The van der Waals surface area contributed by atoms with Gasteiger partial charge >= 0.3 is 11.9 Å². The molecule has 7 rings (SSSR count). The van der Waals surface area contributed by atoms with E-state index in [-0.39, 0.29) is 63.3 Å². The predicted molar refractivity (Wildman–Crippen MR) is 199 cm³/mol. The van der Waals surface area contributed by atoms with Crippen LogP contribution in [0, 0.1) is 6.92 Å². The summed E-state index contributed by atoms with van der Waals surface area (Å²) >= 11 is 3.48. The van der Waals surface area contributed by atoms with Gasteiger partial charge in [-0.05, 0) is 36.8 Å². The summed E-state index contributed by atoms with van der Waals surface area (Å²) in [5, 5.41) is 51.0. The quantitative estimate of drug-likeness (QED) is 0.0161. The molecule has 2 atom stereocenters. The number of carboxylic acids is 1. The molecule has 1 aromatic carbocycles. The van der Waals surface area contributed by atoms with E-state index in [4.69, 9.17) is 15.3 Å². The minimum absolute atomic E-state index is 0.00487. The smallest absolute Gasteiger partial charge is 0.352 e. The minimum Gasteiger partial charge on any atom is -0.504 e. The number of carbonyl (C=O) groups excluding carboxylic acids is 3. The SMILES string of the molecule is Cc1cc(SCC2=C(C(=O)O)N3C(=O)[C@@H](NC(=O)/C(=N\OCc4ncc(O)c(=O)[nH]4)c4csc(N)n4)[C@H]3SC2)n2nc(COC(=O)c3ccc(O)c(O)c3)nc2n1. The van der Waals surface area contributed by atoms with Crippen LogP contribution in [0.1, 0.15) is 33.4 Å². The standard InChI is InChI=1S/C32H27N11O11S3/c1-12-4-21(43-32(35-12)38-20(40-43)7-53-30(52)13-2-3-16(44)17(45)5-13)55-9-14-10-56-28-23(27(49)42(28)24(14)29(50)51)39-26(48)22(15-11-57-31(33)36-15)41-54-8-19-34-6-18(46)25(47)37-19/h2-6,11,23,28,44-46H,7-10H2,1H3,(H2,33,36)(H,39,48)(H,50,51)(H,34,37,47)/b41-22-/t23-,28-/m1/s1. The van der Waals surface area contributed by atoms with Gasteiger partial charge in [0.15, 0.2) is 47.1 Å². The number of esters is 1. The van der Waals surface area contributed by atoms with Crippen LogP contribution in [0.25, 0.3) is 5.78 Å². The van der Waals surface area contributed by atoms with Gasteiger partial charge in [0.2, 0.25) is 0 Å². The van der Waals surface area contributed by atoms with Crippen LogP contribution >= 0.6 is 34.9 Å². The first kappa shape index (κ1) is 38.5. The molecule has 5 aromatic rings. The molecule has 2 aliphatic heterocycles. The molecule has 8 N–H and O–H groups in total. The third-order valence-electron chi connectivity index (χ3n) is 8.10. The van der Waals surface area contributed by atoms with E-state index in [0.717, 1.165) is 34.6 Å². The number of fused-ring (bicyclic) bond motifs is 2. The highest BCUT2D eigenvalue weighted by molar-refractivity contribution is 8.01. The lowest BCUT2D eigenvalue weighted by Crippen LogP contribution is -2.71. The van der Waals surface area contributed by atoms with Crippen LogP contribution in [0.5, 0.6) is 17.2 Å². The number of phenolic OH excluding ortho intramolecular Hbond substituents is 2. The van der Waals surface area contributed by atoms with Crippen molar-refractivity contribution in [3.8, 4) is 17.2 Å². The topological polar surface area (TPSA) is 323 Å².